The summed E-state index contributed by atoms with van der Waals surface area (Å²) in [7, 11) is 0. The normalized spacial score (nSPS) is 18.5. The van der Waals surface area contributed by atoms with E-state index in [1.54, 1.807) is 0 Å². The van der Waals surface area contributed by atoms with E-state index >= 15 is 0 Å². The van der Waals surface area contributed by atoms with Gasteiger partial charge in [0.1, 0.15) is 5.75 Å². The maximum Gasteiger partial charge on any atom is 0.181 e. The molecule has 29 heavy (non-hydrogen) atoms. The fraction of sp³-hybridized carbons (Fsp3) is 0.609. The molecule has 1 aromatic heterocycles. The van der Waals surface area contributed by atoms with Crippen LogP contribution < -0.4 is 9.64 Å². The summed E-state index contributed by atoms with van der Waals surface area (Å²) in [4.78, 5) is 4.98. The van der Waals surface area contributed by atoms with Crippen LogP contribution in [0, 0.1) is 18.6 Å². The highest BCUT2D eigenvalue weighted by molar-refractivity contribution is 7.71. The van der Waals surface area contributed by atoms with Crippen molar-refractivity contribution in [3.05, 3.63) is 40.4 Å². The van der Waals surface area contributed by atoms with Gasteiger partial charge in [0, 0.05) is 43.6 Å². The maximum atomic E-state index is 5.92. The van der Waals surface area contributed by atoms with E-state index in [-0.39, 0.29) is 0 Å². The summed E-state index contributed by atoms with van der Waals surface area (Å²) in [5.74, 6) is 0.991. The first-order valence-corrected chi connectivity index (χ1v) is 11.5. The van der Waals surface area contributed by atoms with Crippen molar-refractivity contribution in [3.63, 3.8) is 0 Å². The Balaban J connectivity index is 1.44. The van der Waals surface area contributed by atoms with Crippen molar-refractivity contribution in [1.82, 2.24) is 14.0 Å². The van der Waals surface area contributed by atoms with Crippen molar-refractivity contribution in [3.8, 4) is 5.75 Å². The number of benzene rings is 1. The van der Waals surface area contributed by atoms with Gasteiger partial charge in [0.15, 0.2) is 4.77 Å². The van der Waals surface area contributed by atoms with Crippen molar-refractivity contribution >= 4 is 17.9 Å². The molecule has 1 aliphatic heterocycles. The third-order valence-electron chi connectivity index (χ3n) is 6.64. The number of nitrogens with zero attached hydrogens (tertiary/aromatic N) is 4. The molecule has 2 aromatic rings. The SMILES string of the molecule is CCOc1ccccc1N1CCN(Cn2c(C)c(C)n(C3CCCC3)c2=S)CC1. The summed E-state index contributed by atoms with van der Waals surface area (Å²) in [6.45, 7) is 12.2. The quantitative estimate of drug-likeness (QED) is 0.626. The lowest BCUT2D eigenvalue weighted by atomic mass is 10.2. The molecule has 2 heterocycles. The molecular formula is C23H34N4OS. The summed E-state index contributed by atoms with van der Waals surface area (Å²) in [5.41, 5.74) is 3.89. The molecule has 2 fully saturated rings. The number of piperazine rings is 1. The fourth-order valence-electron chi connectivity index (χ4n) is 4.87. The Morgan fingerprint density at radius 2 is 1.69 bits per heavy atom. The van der Waals surface area contributed by atoms with Crippen LogP contribution in [-0.4, -0.2) is 46.8 Å². The first-order chi connectivity index (χ1) is 14.1. The number of anilines is 1. The predicted molar refractivity (Wildman–Crippen MR) is 122 cm³/mol. The van der Waals surface area contributed by atoms with Gasteiger partial charge in [0.25, 0.3) is 0 Å². The van der Waals surface area contributed by atoms with Crippen molar-refractivity contribution in [1.29, 1.82) is 0 Å². The first-order valence-electron chi connectivity index (χ1n) is 11.1. The highest BCUT2D eigenvalue weighted by atomic mass is 32.1. The molecule has 6 heteroatoms. The van der Waals surface area contributed by atoms with E-state index in [2.05, 4.69) is 51.0 Å². The summed E-state index contributed by atoms with van der Waals surface area (Å²) in [6.07, 6.45) is 5.22. The van der Waals surface area contributed by atoms with Crippen molar-refractivity contribution in [2.75, 3.05) is 37.7 Å². The van der Waals surface area contributed by atoms with Crippen LogP contribution in [0.15, 0.2) is 24.3 Å². The molecule has 0 unspecified atom stereocenters. The van der Waals surface area contributed by atoms with Crippen LogP contribution in [0.25, 0.3) is 0 Å². The van der Waals surface area contributed by atoms with Gasteiger partial charge in [-0.05, 0) is 58.0 Å². The molecule has 0 bridgehead atoms. The molecular weight excluding hydrogens is 380 g/mol. The molecule has 0 N–H and O–H groups in total. The van der Waals surface area contributed by atoms with Crippen LogP contribution in [0.5, 0.6) is 5.75 Å². The van der Waals surface area contributed by atoms with Gasteiger partial charge in [0.2, 0.25) is 0 Å². The summed E-state index contributed by atoms with van der Waals surface area (Å²) < 4.78 is 11.6. The first kappa shape index (κ1) is 20.5. The minimum absolute atomic E-state index is 0.606. The van der Waals surface area contributed by atoms with Crippen LogP contribution in [0.3, 0.4) is 0 Å². The molecule has 1 saturated carbocycles. The van der Waals surface area contributed by atoms with Gasteiger partial charge in [-0.25, -0.2) is 0 Å². The Morgan fingerprint density at radius 3 is 2.38 bits per heavy atom. The number of ether oxygens (including phenoxy) is 1. The standard InChI is InChI=1S/C23H34N4OS/c1-4-28-22-12-8-7-11-21(22)25-15-13-24(14-16-25)17-26-18(2)19(3)27(23(26)29)20-9-5-6-10-20/h7-8,11-12,20H,4-6,9-10,13-17H2,1-3H3. The second kappa shape index (κ2) is 8.92. The molecule has 1 saturated heterocycles. The van der Waals surface area contributed by atoms with E-state index in [4.69, 9.17) is 17.0 Å². The van der Waals surface area contributed by atoms with E-state index in [1.165, 1.54) is 42.8 Å². The average Bonchev–Trinajstić information content (AvgIpc) is 3.33. The number of hydrogen-bond donors (Lipinski definition) is 0. The molecule has 158 valence electrons. The van der Waals surface area contributed by atoms with E-state index in [9.17, 15) is 0 Å². The Morgan fingerprint density at radius 1 is 1.00 bits per heavy atom. The van der Waals surface area contributed by atoms with Crippen LogP contribution >= 0.6 is 12.2 Å². The number of para-hydroxylation sites is 2. The van der Waals surface area contributed by atoms with Crippen LogP contribution in [-0.2, 0) is 6.67 Å². The molecule has 0 spiro atoms. The largest absolute Gasteiger partial charge is 0.492 e. The molecule has 0 amide bonds. The summed E-state index contributed by atoms with van der Waals surface area (Å²) >= 11 is 5.92. The lowest BCUT2D eigenvalue weighted by molar-refractivity contribution is 0.202. The predicted octanol–water partition coefficient (Wildman–Crippen LogP) is 4.93. The summed E-state index contributed by atoms with van der Waals surface area (Å²) in [6, 6.07) is 9.00. The number of aromatic nitrogens is 2. The van der Waals surface area contributed by atoms with Crippen LogP contribution in [0.4, 0.5) is 5.69 Å². The topological polar surface area (TPSA) is 25.6 Å². The monoisotopic (exact) mass is 414 g/mol. The lowest BCUT2D eigenvalue weighted by Gasteiger charge is -2.36. The minimum Gasteiger partial charge on any atom is -0.492 e. The molecule has 0 atom stereocenters. The number of imidazole rings is 1. The van der Waals surface area contributed by atoms with Gasteiger partial charge in [-0.3, -0.25) is 4.90 Å². The summed E-state index contributed by atoms with van der Waals surface area (Å²) in [5, 5.41) is 0. The highest BCUT2D eigenvalue weighted by Gasteiger charge is 2.24. The third kappa shape index (κ3) is 4.10. The van der Waals surface area contributed by atoms with Crippen LogP contribution in [0.2, 0.25) is 0 Å². The van der Waals surface area contributed by atoms with E-state index in [0.29, 0.717) is 12.6 Å². The van der Waals surface area contributed by atoms with E-state index in [1.807, 2.05) is 13.0 Å². The zero-order chi connectivity index (χ0) is 20.4. The molecule has 5 nitrogen and oxygen atoms in total. The second-order valence-corrected chi connectivity index (χ2v) is 8.70. The van der Waals surface area contributed by atoms with Crippen molar-refractivity contribution in [2.24, 2.45) is 0 Å². The lowest BCUT2D eigenvalue weighted by Crippen LogP contribution is -2.47. The van der Waals surface area contributed by atoms with E-state index in [0.717, 1.165) is 43.4 Å². The number of hydrogen-bond acceptors (Lipinski definition) is 4. The fourth-order valence-corrected chi connectivity index (χ4v) is 5.35. The maximum absolute atomic E-state index is 5.92. The second-order valence-electron chi connectivity index (χ2n) is 8.34. The van der Waals surface area contributed by atoms with Gasteiger partial charge < -0.3 is 18.8 Å². The van der Waals surface area contributed by atoms with Crippen molar-refractivity contribution < 1.29 is 4.74 Å². The molecule has 1 aliphatic carbocycles. The minimum atomic E-state index is 0.606. The van der Waals surface area contributed by atoms with Crippen LogP contribution in [0.1, 0.15) is 50.0 Å². The highest BCUT2D eigenvalue weighted by Crippen LogP contribution is 2.33. The third-order valence-corrected chi connectivity index (χ3v) is 7.05. The van der Waals surface area contributed by atoms with Crippen molar-refractivity contribution in [2.45, 2.75) is 59.2 Å². The smallest absolute Gasteiger partial charge is 0.181 e. The van der Waals surface area contributed by atoms with Gasteiger partial charge >= 0.3 is 0 Å². The van der Waals surface area contributed by atoms with E-state index < -0.39 is 0 Å². The average molecular weight is 415 g/mol. The Bertz CT molecular complexity index is 889. The zero-order valence-corrected chi connectivity index (χ0v) is 18.9. The number of rotatable bonds is 6. The zero-order valence-electron chi connectivity index (χ0n) is 18.1. The van der Waals surface area contributed by atoms with Gasteiger partial charge in [-0.15, -0.1) is 0 Å². The molecule has 1 aromatic carbocycles. The Labute approximate surface area is 179 Å². The molecule has 4 rings (SSSR count). The van der Waals surface area contributed by atoms with Gasteiger partial charge in [-0.1, -0.05) is 25.0 Å². The Hall–Kier alpha value is -1.79. The Kier molecular flexibility index (Phi) is 6.30. The van der Waals surface area contributed by atoms with Gasteiger partial charge in [0.05, 0.1) is 19.0 Å². The van der Waals surface area contributed by atoms with Gasteiger partial charge in [-0.2, -0.15) is 0 Å². The molecule has 0 radical (unpaired) electrons. The molecule has 2 aliphatic rings.